The number of carboxylic acid groups (broad SMARTS) is 2. The van der Waals surface area contributed by atoms with Crippen molar-refractivity contribution in [3.63, 3.8) is 0 Å². The molecule has 8 nitrogen and oxygen atoms in total. The van der Waals surface area contributed by atoms with Crippen molar-refractivity contribution in [1.29, 1.82) is 0 Å². The number of rotatable bonds is 13. The molecule has 1 aromatic rings. The minimum Gasteiger partial charge on any atom is -0.507 e. The van der Waals surface area contributed by atoms with E-state index in [0.717, 1.165) is 36.2 Å². The van der Waals surface area contributed by atoms with Crippen molar-refractivity contribution in [2.45, 2.75) is 85.2 Å². The van der Waals surface area contributed by atoms with Gasteiger partial charge < -0.3 is 25.3 Å². The van der Waals surface area contributed by atoms with Crippen LogP contribution in [0, 0.1) is 0 Å². The van der Waals surface area contributed by atoms with Crippen molar-refractivity contribution in [1.82, 2.24) is 4.90 Å². The lowest BCUT2D eigenvalue weighted by molar-refractivity contribution is -0.143. The van der Waals surface area contributed by atoms with Crippen molar-refractivity contribution >= 4 is 17.8 Å². The molecule has 4 N–H and O–H groups in total. The monoisotopic (exact) mass is 499 g/mol. The third-order valence-corrected chi connectivity index (χ3v) is 6.38. The number of hydrogen-bond acceptors (Lipinski definition) is 5. The molecular weight excluding hydrogens is 462 g/mol. The zero-order valence-electron chi connectivity index (χ0n) is 21.5. The molecule has 2 rings (SSSR count). The highest BCUT2D eigenvalue weighted by atomic mass is 16.4. The summed E-state index contributed by atoms with van der Waals surface area (Å²) >= 11 is 0. The number of carbonyl (C=O) groups is 3. The molecule has 1 amide bonds. The number of hydrogen-bond donors (Lipinski definition) is 4. The minimum absolute atomic E-state index is 0.0322. The minimum atomic E-state index is -1.34. The van der Waals surface area contributed by atoms with Gasteiger partial charge >= 0.3 is 11.9 Å². The fourth-order valence-electron chi connectivity index (χ4n) is 4.23. The Morgan fingerprint density at radius 1 is 0.972 bits per heavy atom. The Morgan fingerprint density at radius 3 is 2.17 bits per heavy atom. The first-order valence-corrected chi connectivity index (χ1v) is 12.2. The highest BCUT2D eigenvalue weighted by Crippen LogP contribution is 2.40. The van der Waals surface area contributed by atoms with Gasteiger partial charge in [-0.1, -0.05) is 34.9 Å². The Balaban J connectivity index is 2.10. The van der Waals surface area contributed by atoms with E-state index in [-0.39, 0.29) is 47.6 Å². The van der Waals surface area contributed by atoms with Crippen LogP contribution in [0.1, 0.15) is 87.7 Å². The first-order chi connectivity index (χ1) is 16.9. The van der Waals surface area contributed by atoms with Crippen LogP contribution in [0.25, 0.3) is 0 Å². The molecule has 196 valence electrons. The van der Waals surface area contributed by atoms with Gasteiger partial charge in [0, 0.05) is 17.5 Å². The lowest BCUT2D eigenvalue weighted by Crippen LogP contribution is -2.41. The molecule has 0 spiro atoms. The number of allylic oxidation sites excluding steroid dienone is 6. The van der Waals surface area contributed by atoms with Gasteiger partial charge in [-0.2, -0.15) is 0 Å². The number of phenols is 2. The maximum atomic E-state index is 12.8. The molecule has 0 fully saturated rings. The van der Waals surface area contributed by atoms with Gasteiger partial charge in [-0.25, -0.2) is 4.79 Å². The summed E-state index contributed by atoms with van der Waals surface area (Å²) in [5.41, 5.74) is 4.30. The Labute approximate surface area is 212 Å². The SMILES string of the molecule is CC(C)=CCC/C(C)=C/CC/C(C)=C/Cc1c(O)cc2c(c1O)CN([C@H](CCC(=O)O)C(=O)O)C2=O. The Bertz CT molecular complexity index is 1090. The first-order valence-electron chi connectivity index (χ1n) is 12.2. The van der Waals surface area contributed by atoms with Crippen LogP contribution in [0.15, 0.2) is 41.0 Å². The van der Waals surface area contributed by atoms with Crippen LogP contribution in [0.5, 0.6) is 11.5 Å². The fourth-order valence-corrected chi connectivity index (χ4v) is 4.23. The van der Waals surface area contributed by atoms with Gasteiger partial charge in [0.15, 0.2) is 0 Å². The molecule has 1 aliphatic heterocycles. The second kappa shape index (κ2) is 13.0. The second-order valence-corrected chi connectivity index (χ2v) is 9.63. The number of carbonyl (C=O) groups excluding carboxylic acids is 1. The van der Waals surface area contributed by atoms with Crippen molar-refractivity contribution in [2.75, 3.05) is 0 Å². The van der Waals surface area contributed by atoms with Gasteiger partial charge in [0.1, 0.15) is 17.5 Å². The van der Waals surface area contributed by atoms with E-state index in [1.807, 2.05) is 13.0 Å². The molecule has 0 aromatic heterocycles. The lowest BCUT2D eigenvalue weighted by atomic mass is 9.99. The van der Waals surface area contributed by atoms with Crippen molar-refractivity contribution in [3.05, 3.63) is 57.7 Å². The molecule has 36 heavy (non-hydrogen) atoms. The molecule has 0 saturated carbocycles. The predicted octanol–water partition coefficient (Wildman–Crippen LogP) is 5.33. The van der Waals surface area contributed by atoms with Gasteiger partial charge in [0.2, 0.25) is 0 Å². The van der Waals surface area contributed by atoms with E-state index in [2.05, 4.69) is 32.9 Å². The number of aliphatic carboxylic acids is 2. The molecule has 0 saturated heterocycles. The van der Waals surface area contributed by atoms with Gasteiger partial charge in [-0.15, -0.1) is 0 Å². The van der Waals surface area contributed by atoms with Crippen LogP contribution < -0.4 is 0 Å². The largest absolute Gasteiger partial charge is 0.507 e. The summed E-state index contributed by atoms with van der Waals surface area (Å²) in [6.07, 6.45) is 9.76. The molecule has 1 aliphatic rings. The number of fused-ring (bicyclic) bond motifs is 1. The van der Waals surface area contributed by atoms with E-state index >= 15 is 0 Å². The molecule has 0 aliphatic carbocycles. The zero-order valence-corrected chi connectivity index (χ0v) is 21.5. The first kappa shape index (κ1) is 28.7. The van der Waals surface area contributed by atoms with Crippen molar-refractivity contribution in [3.8, 4) is 11.5 Å². The van der Waals surface area contributed by atoms with Crippen LogP contribution in [-0.2, 0) is 22.6 Å². The standard InChI is InChI=1S/C28H37NO7/c1-17(2)7-5-8-18(3)9-6-10-19(4)11-12-20-24(30)15-21-22(26(20)33)16-29(27(21)34)23(28(35)36)13-14-25(31)32/h7,9,11,15,23,30,33H,5-6,8,10,12-14,16H2,1-4H3,(H,31,32)(H,35,36)/b18-9+,19-11+/t23-/m1/s1. The fraction of sp³-hybridized carbons (Fsp3) is 0.464. The summed E-state index contributed by atoms with van der Waals surface area (Å²) in [6.45, 7) is 8.13. The summed E-state index contributed by atoms with van der Waals surface area (Å²) in [5.74, 6) is -3.61. The average molecular weight is 500 g/mol. The Hall–Kier alpha value is -3.55. The van der Waals surface area contributed by atoms with E-state index in [1.54, 1.807) is 0 Å². The van der Waals surface area contributed by atoms with E-state index in [4.69, 9.17) is 5.11 Å². The molecular formula is C28H37NO7. The summed E-state index contributed by atoms with van der Waals surface area (Å²) in [7, 11) is 0. The zero-order chi connectivity index (χ0) is 27.0. The number of aromatic hydroxyl groups is 2. The van der Waals surface area contributed by atoms with Crippen LogP contribution >= 0.6 is 0 Å². The molecule has 0 unspecified atom stereocenters. The van der Waals surface area contributed by atoms with E-state index in [9.17, 15) is 29.7 Å². The van der Waals surface area contributed by atoms with Crippen LogP contribution in [0.4, 0.5) is 0 Å². The summed E-state index contributed by atoms with van der Waals surface area (Å²) in [5, 5.41) is 39.7. The maximum Gasteiger partial charge on any atom is 0.326 e. The average Bonchev–Trinajstić information content (AvgIpc) is 3.09. The number of phenolic OH excluding ortho intramolecular Hbond substituents is 2. The molecule has 8 heteroatoms. The number of benzene rings is 1. The molecule has 0 radical (unpaired) electrons. The molecule has 1 aromatic carbocycles. The normalized spacial score (nSPS) is 14.6. The van der Waals surface area contributed by atoms with Gasteiger partial charge in [0.05, 0.1) is 12.1 Å². The third-order valence-electron chi connectivity index (χ3n) is 6.38. The summed E-state index contributed by atoms with van der Waals surface area (Å²) < 4.78 is 0. The number of carboxylic acids is 2. The lowest BCUT2D eigenvalue weighted by Gasteiger charge is -2.23. The van der Waals surface area contributed by atoms with Crippen molar-refractivity contribution in [2.24, 2.45) is 0 Å². The van der Waals surface area contributed by atoms with E-state index in [0.29, 0.717) is 0 Å². The van der Waals surface area contributed by atoms with E-state index in [1.165, 1.54) is 17.2 Å². The highest BCUT2D eigenvalue weighted by molar-refractivity contribution is 6.02. The topological polar surface area (TPSA) is 135 Å². The quantitative estimate of drug-likeness (QED) is 0.269. The van der Waals surface area contributed by atoms with Gasteiger partial charge in [-0.05, 0) is 72.3 Å². The van der Waals surface area contributed by atoms with Gasteiger partial charge in [0.25, 0.3) is 5.91 Å². The predicted molar refractivity (Wildman–Crippen MR) is 137 cm³/mol. The smallest absolute Gasteiger partial charge is 0.326 e. The van der Waals surface area contributed by atoms with Crippen molar-refractivity contribution < 1.29 is 34.8 Å². The van der Waals surface area contributed by atoms with Crippen LogP contribution in [0.2, 0.25) is 0 Å². The number of amides is 1. The van der Waals surface area contributed by atoms with E-state index < -0.39 is 30.3 Å². The maximum absolute atomic E-state index is 12.8. The van der Waals surface area contributed by atoms with Crippen LogP contribution in [-0.4, -0.2) is 49.2 Å². The Kier molecular flexibility index (Phi) is 10.3. The molecule has 1 heterocycles. The molecule has 0 bridgehead atoms. The second-order valence-electron chi connectivity index (χ2n) is 9.63. The van der Waals surface area contributed by atoms with Crippen LogP contribution in [0.3, 0.4) is 0 Å². The third kappa shape index (κ3) is 7.73. The summed E-state index contributed by atoms with van der Waals surface area (Å²) in [6, 6.07) is -0.0865. The highest BCUT2D eigenvalue weighted by Gasteiger charge is 2.39. The number of nitrogens with zero attached hydrogens (tertiary/aromatic N) is 1. The molecule has 1 atom stereocenters. The Morgan fingerprint density at radius 2 is 1.58 bits per heavy atom. The summed E-state index contributed by atoms with van der Waals surface area (Å²) in [4.78, 5) is 36.4. The van der Waals surface area contributed by atoms with Gasteiger partial charge in [-0.3, -0.25) is 9.59 Å².